The van der Waals surface area contributed by atoms with Gasteiger partial charge in [0.1, 0.15) is 11.5 Å². The molecule has 0 radical (unpaired) electrons. The summed E-state index contributed by atoms with van der Waals surface area (Å²) in [5.41, 5.74) is 2.16. The van der Waals surface area contributed by atoms with Crippen LogP contribution in [-0.2, 0) is 4.79 Å². The molecule has 4 nitrogen and oxygen atoms in total. The van der Waals surface area contributed by atoms with E-state index in [0.29, 0.717) is 11.3 Å². The van der Waals surface area contributed by atoms with Crippen molar-refractivity contribution in [2.24, 2.45) is 0 Å². The average molecular weight is 210 g/mol. The molecule has 4 heteroatoms. The summed E-state index contributed by atoms with van der Waals surface area (Å²) in [4.78, 5) is 10.3. The van der Waals surface area contributed by atoms with Crippen LogP contribution in [-0.4, -0.2) is 22.8 Å². The summed E-state index contributed by atoms with van der Waals surface area (Å²) >= 11 is 0. The van der Waals surface area contributed by atoms with E-state index >= 15 is 0 Å². The van der Waals surface area contributed by atoms with E-state index in [1.807, 2.05) is 0 Å². The lowest BCUT2D eigenvalue weighted by molar-refractivity contribution is -0.139. The fourth-order valence-corrected chi connectivity index (χ4v) is 1.32. The number of phenolic OH excluding ortho intramolecular Hbond substituents is 1. The van der Waals surface area contributed by atoms with Crippen molar-refractivity contribution in [3.05, 3.63) is 22.8 Å². The Morgan fingerprint density at radius 3 is 2.47 bits per heavy atom. The molecule has 15 heavy (non-hydrogen) atoms. The van der Waals surface area contributed by atoms with Crippen LogP contribution in [0, 0.1) is 20.8 Å². The van der Waals surface area contributed by atoms with Gasteiger partial charge in [-0.3, -0.25) is 0 Å². The van der Waals surface area contributed by atoms with Crippen molar-refractivity contribution >= 4 is 5.97 Å². The highest BCUT2D eigenvalue weighted by atomic mass is 16.5. The van der Waals surface area contributed by atoms with Gasteiger partial charge in [-0.05, 0) is 43.5 Å². The molecule has 0 unspecified atom stereocenters. The van der Waals surface area contributed by atoms with Gasteiger partial charge in [0.2, 0.25) is 0 Å². The van der Waals surface area contributed by atoms with E-state index in [9.17, 15) is 9.90 Å². The zero-order chi connectivity index (χ0) is 11.6. The predicted octanol–water partition coefficient (Wildman–Crippen LogP) is 1.78. The van der Waals surface area contributed by atoms with E-state index in [-0.39, 0.29) is 12.4 Å². The molecule has 0 aliphatic carbocycles. The minimum atomic E-state index is -1.02. The van der Waals surface area contributed by atoms with Gasteiger partial charge in [0, 0.05) is 0 Å². The number of carboxylic acid groups (broad SMARTS) is 1. The third-order valence-electron chi connectivity index (χ3n) is 2.36. The standard InChI is InChI=1S/C11H14O4/c1-6-4-9(15-5-10(12)13)7(2)8(3)11(6)14/h4,14H,5H2,1-3H3,(H,12,13). The molecule has 0 heterocycles. The Bertz CT molecular complexity index is 396. The highest BCUT2D eigenvalue weighted by Gasteiger charge is 2.10. The number of phenols is 1. The number of benzene rings is 1. The molecular formula is C11H14O4. The minimum absolute atomic E-state index is 0.232. The quantitative estimate of drug-likeness (QED) is 0.798. The highest BCUT2D eigenvalue weighted by molar-refractivity contribution is 5.68. The van der Waals surface area contributed by atoms with Crippen molar-refractivity contribution in [3.63, 3.8) is 0 Å². The fourth-order valence-electron chi connectivity index (χ4n) is 1.32. The van der Waals surface area contributed by atoms with E-state index < -0.39 is 5.97 Å². The molecule has 0 saturated carbocycles. The van der Waals surface area contributed by atoms with Gasteiger partial charge in [-0.15, -0.1) is 0 Å². The van der Waals surface area contributed by atoms with E-state index in [1.165, 1.54) is 0 Å². The molecule has 0 spiro atoms. The van der Waals surface area contributed by atoms with Gasteiger partial charge >= 0.3 is 5.97 Å². The number of rotatable bonds is 3. The third kappa shape index (κ3) is 2.40. The Morgan fingerprint density at radius 2 is 1.93 bits per heavy atom. The first-order valence-corrected chi connectivity index (χ1v) is 4.58. The number of aromatic hydroxyl groups is 1. The van der Waals surface area contributed by atoms with E-state index in [0.717, 1.165) is 11.1 Å². The molecule has 1 rings (SSSR count). The van der Waals surface area contributed by atoms with Crippen molar-refractivity contribution < 1.29 is 19.7 Å². The predicted molar refractivity (Wildman–Crippen MR) is 55.4 cm³/mol. The smallest absolute Gasteiger partial charge is 0.341 e. The van der Waals surface area contributed by atoms with Gasteiger partial charge < -0.3 is 14.9 Å². The largest absolute Gasteiger partial charge is 0.507 e. The summed E-state index contributed by atoms with van der Waals surface area (Å²) in [6.07, 6.45) is 0. The van der Waals surface area contributed by atoms with E-state index in [2.05, 4.69) is 0 Å². The Balaban J connectivity index is 3.04. The Kier molecular flexibility index (Phi) is 3.19. The zero-order valence-corrected chi connectivity index (χ0v) is 9.00. The molecule has 0 atom stereocenters. The summed E-state index contributed by atoms with van der Waals surface area (Å²) in [5, 5.41) is 18.1. The van der Waals surface area contributed by atoms with Crippen molar-refractivity contribution in [1.29, 1.82) is 0 Å². The maximum absolute atomic E-state index is 10.3. The molecule has 1 aromatic carbocycles. The van der Waals surface area contributed by atoms with Crippen molar-refractivity contribution in [2.75, 3.05) is 6.61 Å². The third-order valence-corrected chi connectivity index (χ3v) is 2.36. The van der Waals surface area contributed by atoms with Crippen molar-refractivity contribution in [3.8, 4) is 11.5 Å². The van der Waals surface area contributed by atoms with Crippen LogP contribution in [0.1, 0.15) is 16.7 Å². The van der Waals surface area contributed by atoms with Crippen LogP contribution in [0.3, 0.4) is 0 Å². The second-order valence-electron chi connectivity index (χ2n) is 3.47. The van der Waals surface area contributed by atoms with Crippen LogP contribution in [0.5, 0.6) is 11.5 Å². The SMILES string of the molecule is Cc1cc(OCC(=O)O)c(C)c(C)c1O. The topological polar surface area (TPSA) is 66.8 Å². The Morgan fingerprint density at radius 1 is 1.33 bits per heavy atom. The minimum Gasteiger partial charge on any atom is -0.507 e. The van der Waals surface area contributed by atoms with Crippen molar-refractivity contribution in [2.45, 2.75) is 20.8 Å². The molecular weight excluding hydrogens is 196 g/mol. The van der Waals surface area contributed by atoms with E-state index in [4.69, 9.17) is 9.84 Å². The van der Waals surface area contributed by atoms with Gasteiger partial charge in [-0.1, -0.05) is 0 Å². The number of carboxylic acids is 1. The number of aliphatic carboxylic acids is 1. The summed E-state index contributed by atoms with van der Waals surface area (Å²) in [6.45, 7) is 4.93. The summed E-state index contributed by atoms with van der Waals surface area (Å²) in [5.74, 6) is -0.279. The molecule has 82 valence electrons. The molecule has 2 N–H and O–H groups in total. The number of aryl methyl sites for hydroxylation is 1. The molecule has 0 saturated heterocycles. The number of hydrogen-bond donors (Lipinski definition) is 2. The van der Waals surface area contributed by atoms with Crippen LogP contribution in [0.25, 0.3) is 0 Å². The van der Waals surface area contributed by atoms with Gasteiger partial charge in [-0.2, -0.15) is 0 Å². The fraction of sp³-hybridized carbons (Fsp3) is 0.364. The number of carbonyl (C=O) groups is 1. The van der Waals surface area contributed by atoms with Crippen LogP contribution < -0.4 is 4.74 Å². The molecule has 1 aromatic rings. The molecule has 0 amide bonds. The lowest BCUT2D eigenvalue weighted by Crippen LogP contribution is -2.10. The van der Waals surface area contributed by atoms with Crippen molar-refractivity contribution in [1.82, 2.24) is 0 Å². The molecule has 0 fully saturated rings. The van der Waals surface area contributed by atoms with Crippen LogP contribution >= 0.6 is 0 Å². The second kappa shape index (κ2) is 4.21. The van der Waals surface area contributed by atoms with E-state index in [1.54, 1.807) is 26.8 Å². The Hall–Kier alpha value is -1.71. The van der Waals surface area contributed by atoms with Gasteiger partial charge in [0.25, 0.3) is 0 Å². The average Bonchev–Trinajstić information content (AvgIpc) is 2.18. The van der Waals surface area contributed by atoms with Crippen LogP contribution in [0.2, 0.25) is 0 Å². The number of hydrogen-bond acceptors (Lipinski definition) is 3. The molecule has 0 aliphatic heterocycles. The lowest BCUT2D eigenvalue weighted by Gasteiger charge is -2.12. The van der Waals surface area contributed by atoms with Crippen LogP contribution in [0.4, 0.5) is 0 Å². The summed E-state index contributed by atoms with van der Waals surface area (Å²) in [6, 6.07) is 1.64. The van der Waals surface area contributed by atoms with Gasteiger partial charge in [-0.25, -0.2) is 4.79 Å². The second-order valence-corrected chi connectivity index (χ2v) is 3.47. The van der Waals surface area contributed by atoms with Gasteiger partial charge in [0.15, 0.2) is 6.61 Å². The first-order chi connectivity index (χ1) is 6.93. The number of ether oxygens (including phenoxy) is 1. The first kappa shape index (κ1) is 11.4. The zero-order valence-electron chi connectivity index (χ0n) is 9.00. The molecule has 0 aromatic heterocycles. The lowest BCUT2D eigenvalue weighted by atomic mass is 10.0. The molecule has 0 aliphatic rings. The maximum atomic E-state index is 10.3. The first-order valence-electron chi connectivity index (χ1n) is 4.58. The summed E-state index contributed by atoms with van der Waals surface area (Å²) in [7, 11) is 0. The Labute approximate surface area is 88.1 Å². The maximum Gasteiger partial charge on any atom is 0.341 e. The highest BCUT2D eigenvalue weighted by Crippen LogP contribution is 2.31. The van der Waals surface area contributed by atoms with Crippen LogP contribution in [0.15, 0.2) is 6.07 Å². The normalized spacial score (nSPS) is 10.1. The monoisotopic (exact) mass is 210 g/mol. The van der Waals surface area contributed by atoms with Gasteiger partial charge in [0.05, 0.1) is 0 Å². The summed E-state index contributed by atoms with van der Waals surface area (Å²) < 4.78 is 5.10. The molecule has 0 bridgehead atoms.